The molecule has 1 fully saturated rings. The molecule has 11 heteroatoms. The number of ketones is 2. The standard InChI is InChI=1S/C32H31N3O7S/c1-20-7-10-24(11-8-20)43(40,41)42-19-30(37)34-23-9-12-25(21(2)17-23)32(39)35-15-13-22(14-16-35)33-28-18-29(36)26-5-3-4-6-27(26)31(28)38/h3-12,17-18,22,33H,13-16,19H2,1-2H3,(H,34,37). The largest absolute Gasteiger partial charge is 0.379 e. The summed E-state index contributed by atoms with van der Waals surface area (Å²) in [6, 6.07) is 17.6. The fraction of sp³-hybridized carbons (Fsp3) is 0.250. The third kappa shape index (κ3) is 6.73. The lowest BCUT2D eigenvalue weighted by atomic mass is 9.92. The van der Waals surface area contributed by atoms with Crippen molar-refractivity contribution in [2.24, 2.45) is 0 Å². The molecule has 0 unspecified atom stereocenters. The maximum atomic E-state index is 13.3. The summed E-state index contributed by atoms with van der Waals surface area (Å²) < 4.78 is 29.6. The summed E-state index contributed by atoms with van der Waals surface area (Å²) in [4.78, 5) is 52.7. The van der Waals surface area contributed by atoms with Gasteiger partial charge in [-0.2, -0.15) is 8.42 Å². The molecule has 0 radical (unpaired) electrons. The van der Waals surface area contributed by atoms with E-state index in [-0.39, 0.29) is 34.1 Å². The molecule has 3 aromatic rings. The summed E-state index contributed by atoms with van der Waals surface area (Å²) in [5.74, 6) is -1.23. The number of nitrogens with zero attached hydrogens (tertiary/aromatic N) is 1. The number of allylic oxidation sites excluding steroid dienone is 2. The molecule has 222 valence electrons. The first kappa shape index (κ1) is 29.9. The van der Waals surface area contributed by atoms with Gasteiger partial charge < -0.3 is 15.5 Å². The van der Waals surface area contributed by atoms with Gasteiger partial charge in [-0.05, 0) is 62.6 Å². The molecule has 43 heavy (non-hydrogen) atoms. The molecule has 2 N–H and O–H groups in total. The van der Waals surface area contributed by atoms with Crippen molar-refractivity contribution < 1.29 is 31.8 Å². The number of hydrogen-bond acceptors (Lipinski definition) is 8. The maximum Gasteiger partial charge on any atom is 0.297 e. The van der Waals surface area contributed by atoms with Crippen LogP contribution in [0.3, 0.4) is 0 Å². The summed E-state index contributed by atoms with van der Waals surface area (Å²) in [6.45, 7) is 3.82. The molecule has 1 aliphatic heterocycles. The van der Waals surface area contributed by atoms with E-state index in [0.29, 0.717) is 53.9 Å². The maximum absolute atomic E-state index is 13.3. The Kier molecular flexibility index (Phi) is 8.56. The van der Waals surface area contributed by atoms with Crippen LogP contribution in [0.15, 0.2) is 83.4 Å². The van der Waals surface area contributed by atoms with Crippen LogP contribution < -0.4 is 10.6 Å². The van der Waals surface area contributed by atoms with Gasteiger partial charge in [-0.15, -0.1) is 0 Å². The Balaban J connectivity index is 1.13. The molecule has 0 atom stereocenters. The quantitative estimate of drug-likeness (QED) is 0.372. The summed E-state index contributed by atoms with van der Waals surface area (Å²) >= 11 is 0. The van der Waals surface area contributed by atoms with E-state index in [1.807, 2.05) is 6.92 Å². The number of benzene rings is 3. The third-order valence-electron chi connectivity index (χ3n) is 7.49. The molecule has 1 heterocycles. The van der Waals surface area contributed by atoms with E-state index in [0.717, 1.165) is 5.56 Å². The van der Waals surface area contributed by atoms with Gasteiger partial charge in [0.15, 0.2) is 5.78 Å². The monoisotopic (exact) mass is 601 g/mol. The van der Waals surface area contributed by atoms with E-state index in [4.69, 9.17) is 4.18 Å². The van der Waals surface area contributed by atoms with Crippen LogP contribution >= 0.6 is 0 Å². The van der Waals surface area contributed by atoms with E-state index in [2.05, 4.69) is 10.6 Å². The first-order valence-corrected chi connectivity index (χ1v) is 15.2. The minimum Gasteiger partial charge on any atom is -0.379 e. The van der Waals surface area contributed by atoms with Gasteiger partial charge in [0.1, 0.15) is 6.61 Å². The normalized spacial score (nSPS) is 15.5. The highest BCUT2D eigenvalue weighted by Gasteiger charge is 2.29. The summed E-state index contributed by atoms with van der Waals surface area (Å²) in [5.41, 5.74) is 3.49. The number of anilines is 1. The first-order valence-electron chi connectivity index (χ1n) is 13.8. The van der Waals surface area contributed by atoms with Crippen molar-refractivity contribution in [3.05, 3.63) is 106 Å². The van der Waals surface area contributed by atoms with Crippen molar-refractivity contribution >= 4 is 39.2 Å². The lowest BCUT2D eigenvalue weighted by Crippen LogP contribution is -2.46. The van der Waals surface area contributed by atoms with E-state index in [1.54, 1.807) is 66.4 Å². The third-order valence-corrected chi connectivity index (χ3v) is 8.77. The van der Waals surface area contributed by atoms with Crippen LogP contribution in [0.1, 0.15) is 55.0 Å². The van der Waals surface area contributed by atoms with Crippen LogP contribution in [0.25, 0.3) is 0 Å². The summed E-state index contributed by atoms with van der Waals surface area (Å²) in [6.07, 6.45) is 2.55. The van der Waals surface area contributed by atoms with Crippen molar-refractivity contribution in [2.45, 2.75) is 37.6 Å². The number of hydrogen-bond donors (Lipinski definition) is 2. The number of likely N-dealkylation sites (tertiary alicyclic amines) is 1. The number of rotatable bonds is 8. The van der Waals surface area contributed by atoms with E-state index in [1.165, 1.54) is 18.2 Å². The van der Waals surface area contributed by atoms with Crippen molar-refractivity contribution in [1.82, 2.24) is 10.2 Å². The lowest BCUT2D eigenvalue weighted by Gasteiger charge is -2.34. The predicted octanol–water partition coefficient (Wildman–Crippen LogP) is 3.80. The molecular formula is C32H31N3O7S. The Morgan fingerprint density at radius 3 is 2.28 bits per heavy atom. The highest BCUT2D eigenvalue weighted by molar-refractivity contribution is 7.86. The van der Waals surface area contributed by atoms with Crippen LogP contribution in [-0.2, 0) is 19.1 Å². The number of piperidine rings is 1. The number of Topliss-reactive ketones (excluding diaryl/α,β-unsaturated/α-hetero) is 1. The average Bonchev–Trinajstić information content (AvgIpc) is 2.99. The van der Waals surface area contributed by atoms with Crippen LogP contribution in [-0.4, -0.2) is 62.4 Å². The number of carbonyl (C=O) groups excluding carboxylic acids is 4. The molecule has 3 aromatic carbocycles. The van der Waals surface area contributed by atoms with Gasteiger partial charge in [-0.3, -0.25) is 23.4 Å². The SMILES string of the molecule is Cc1ccc(S(=O)(=O)OCC(=O)Nc2ccc(C(=O)N3CCC(NC4=CC(=O)c5ccccc5C4=O)CC3)c(C)c2)cc1. The fourth-order valence-electron chi connectivity index (χ4n) is 5.12. The molecular weight excluding hydrogens is 570 g/mol. The first-order chi connectivity index (χ1) is 20.5. The van der Waals surface area contributed by atoms with Crippen molar-refractivity contribution in [3.8, 4) is 0 Å². The zero-order chi connectivity index (χ0) is 30.7. The molecule has 5 rings (SSSR count). The van der Waals surface area contributed by atoms with Gasteiger partial charge in [0.25, 0.3) is 21.9 Å². The fourth-order valence-corrected chi connectivity index (χ4v) is 5.99. The molecule has 0 saturated carbocycles. The molecule has 0 spiro atoms. The van der Waals surface area contributed by atoms with Crippen LogP contribution in [0.5, 0.6) is 0 Å². The molecule has 0 bridgehead atoms. The molecule has 2 aliphatic rings. The van der Waals surface area contributed by atoms with Crippen LogP contribution in [0.4, 0.5) is 5.69 Å². The van der Waals surface area contributed by atoms with Gasteiger partial charge in [-0.25, -0.2) is 0 Å². The number of nitrogens with one attached hydrogen (secondary N) is 2. The van der Waals surface area contributed by atoms with E-state index in [9.17, 15) is 27.6 Å². The molecule has 2 amide bonds. The van der Waals surface area contributed by atoms with E-state index < -0.39 is 22.6 Å². The van der Waals surface area contributed by atoms with Crippen molar-refractivity contribution in [2.75, 3.05) is 25.0 Å². The highest BCUT2D eigenvalue weighted by Crippen LogP contribution is 2.23. The Bertz CT molecular complexity index is 1740. The smallest absolute Gasteiger partial charge is 0.297 e. The second-order valence-corrected chi connectivity index (χ2v) is 12.2. The minimum atomic E-state index is -4.08. The van der Waals surface area contributed by atoms with Crippen LogP contribution in [0.2, 0.25) is 0 Å². The Labute approximate surface area is 249 Å². The number of carbonyl (C=O) groups is 4. The zero-order valence-corrected chi connectivity index (χ0v) is 24.6. The van der Waals surface area contributed by atoms with Crippen LogP contribution in [0, 0.1) is 13.8 Å². The predicted molar refractivity (Wildman–Crippen MR) is 159 cm³/mol. The Hall–Kier alpha value is -4.61. The topological polar surface area (TPSA) is 139 Å². The van der Waals surface area contributed by atoms with Gasteiger partial charge in [-0.1, -0.05) is 42.0 Å². The average molecular weight is 602 g/mol. The molecule has 10 nitrogen and oxygen atoms in total. The summed E-state index contributed by atoms with van der Waals surface area (Å²) in [7, 11) is -4.08. The number of fused-ring (bicyclic) bond motifs is 1. The second kappa shape index (κ2) is 12.3. The number of aryl methyl sites for hydroxylation is 2. The lowest BCUT2D eigenvalue weighted by molar-refractivity contribution is -0.118. The summed E-state index contributed by atoms with van der Waals surface area (Å²) in [5, 5.41) is 5.81. The molecule has 1 saturated heterocycles. The number of amides is 2. The Morgan fingerprint density at radius 2 is 1.60 bits per heavy atom. The molecule has 1 aliphatic carbocycles. The minimum absolute atomic E-state index is 0.0372. The van der Waals surface area contributed by atoms with E-state index >= 15 is 0 Å². The molecule has 0 aromatic heterocycles. The van der Waals surface area contributed by atoms with Gasteiger partial charge >= 0.3 is 0 Å². The van der Waals surface area contributed by atoms with Gasteiger partial charge in [0.2, 0.25) is 5.78 Å². The highest BCUT2D eigenvalue weighted by atomic mass is 32.2. The van der Waals surface area contributed by atoms with Gasteiger partial charge in [0.05, 0.1) is 10.6 Å². The Morgan fingerprint density at radius 1 is 0.930 bits per heavy atom. The van der Waals surface area contributed by atoms with Gasteiger partial charge in [0, 0.05) is 47.6 Å². The zero-order valence-electron chi connectivity index (χ0n) is 23.8. The second-order valence-electron chi connectivity index (χ2n) is 10.6. The van der Waals surface area contributed by atoms with Crippen molar-refractivity contribution in [3.63, 3.8) is 0 Å². The van der Waals surface area contributed by atoms with Crippen molar-refractivity contribution in [1.29, 1.82) is 0 Å².